The molecule has 3 heteroatoms. The van der Waals surface area contributed by atoms with Gasteiger partial charge in [0.2, 0.25) is 0 Å². The Morgan fingerprint density at radius 3 is 2.24 bits per heavy atom. The molecule has 0 aliphatic heterocycles. The molecule has 0 amide bonds. The van der Waals surface area contributed by atoms with Crippen LogP contribution in [-0.2, 0) is 0 Å². The molecule has 29 heavy (non-hydrogen) atoms. The Morgan fingerprint density at radius 2 is 1.45 bits per heavy atom. The molecule has 0 saturated carbocycles. The summed E-state index contributed by atoms with van der Waals surface area (Å²) in [6.45, 7) is 4.19. The molecule has 5 aromatic rings. The lowest BCUT2D eigenvalue weighted by Crippen LogP contribution is -2.09. The predicted octanol–water partition coefficient (Wildman–Crippen LogP) is 8.33. The van der Waals surface area contributed by atoms with Crippen molar-refractivity contribution in [3.63, 3.8) is 0 Å². The lowest BCUT2D eigenvalue weighted by molar-refractivity contribution is 0.669. The van der Waals surface area contributed by atoms with Gasteiger partial charge in [-0.15, -0.1) is 0 Å². The molecule has 1 aromatic heterocycles. The van der Waals surface area contributed by atoms with E-state index in [-0.39, 0.29) is 0 Å². The lowest BCUT2D eigenvalue weighted by atomic mass is 10.1. The summed E-state index contributed by atoms with van der Waals surface area (Å²) in [5.74, 6) is 0. The van der Waals surface area contributed by atoms with Gasteiger partial charge < -0.3 is 9.32 Å². The van der Waals surface area contributed by atoms with E-state index in [4.69, 9.17) is 16.0 Å². The highest BCUT2D eigenvalue weighted by atomic mass is 35.5. The van der Waals surface area contributed by atoms with E-state index in [2.05, 4.69) is 79.4 Å². The molecule has 4 aromatic carbocycles. The second-order valence-electron chi connectivity index (χ2n) is 7.39. The monoisotopic (exact) mass is 397 g/mol. The van der Waals surface area contributed by atoms with E-state index in [0.29, 0.717) is 5.02 Å². The summed E-state index contributed by atoms with van der Waals surface area (Å²) in [4.78, 5) is 2.27. The number of aryl methyl sites for hydroxylation is 2. The fourth-order valence-corrected chi connectivity index (χ4v) is 4.25. The van der Waals surface area contributed by atoms with E-state index in [1.54, 1.807) is 0 Å². The highest BCUT2D eigenvalue weighted by molar-refractivity contribution is 6.31. The maximum Gasteiger partial charge on any atom is 0.137 e. The standard InChI is InChI=1S/C26H20ClNO/c1-17-7-6-10-21(13-17)28(20-8-4-3-5-9-20)22-11-12-24-23(16-22)26-18(2)14-19(27)15-25(26)29-24/h3-16H,1-2H3. The third kappa shape index (κ3) is 3.16. The topological polar surface area (TPSA) is 16.4 Å². The van der Waals surface area contributed by atoms with Crippen molar-refractivity contribution in [2.24, 2.45) is 0 Å². The van der Waals surface area contributed by atoms with Crippen molar-refractivity contribution in [3.8, 4) is 0 Å². The Hall–Kier alpha value is -3.23. The Balaban J connectivity index is 1.77. The van der Waals surface area contributed by atoms with Crippen LogP contribution in [0.15, 0.2) is 89.3 Å². The molecule has 5 rings (SSSR count). The van der Waals surface area contributed by atoms with Crippen LogP contribution < -0.4 is 4.90 Å². The van der Waals surface area contributed by atoms with Crippen LogP contribution in [-0.4, -0.2) is 0 Å². The Labute approximate surface area is 174 Å². The molecule has 2 nitrogen and oxygen atoms in total. The summed E-state index contributed by atoms with van der Waals surface area (Å²) in [5.41, 5.74) is 7.36. The molecule has 0 unspecified atom stereocenters. The zero-order chi connectivity index (χ0) is 20.0. The third-order valence-corrected chi connectivity index (χ3v) is 5.47. The van der Waals surface area contributed by atoms with Gasteiger partial charge in [-0.2, -0.15) is 0 Å². The van der Waals surface area contributed by atoms with Gasteiger partial charge in [-0.3, -0.25) is 0 Å². The number of rotatable bonds is 3. The number of anilines is 3. The van der Waals surface area contributed by atoms with E-state index >= 15 is 0 Å². The summed E-state index contributed by atoms with van der Waals surface area (Å²) in [7, 11) is 0. The van der Waals surface area contributed by atoms with Crippen molar-refractivity contribution in [1.82, 2.24) is 0 Å². The zero-order valence-corrected chi connectivity index (χ0v) is 17.1. The Kier molecular flexibility index (Phi) is 4.30. The SMILES string of the molecule is Cc1cccc(N(c2ccccc2)c2ccc3oc4cc(Cl)cc(C)c4c3c2)c1. The Bertz CT molecular complexity index is 1340. The van der Waals surface area contributed by atoms with Gasteiger partial charge in [0.15, 0.2) is 0 Å². The first-order valence-corrected chi connectivity index (χ1v) is 10.0. The second-order valence-corrected chi connectivity index (χ2v) is 7.82. The normalized spacial score (nSPS) is 11.3. The molecule has 0 spiro atoms. The minimum Gasteiger partial charge on any atom is -0.456 e. The summed E-state index contributed by atoms with van der Waals surface area (Å²) in [5, 5.41) is 2.91. The number of hydrogen-bond acceptors (Lipinski definition) is 2. The summed E-state index contributed by atoms with van der Waals surface area (Å²) >= 11 is 6.24. The molecular weight excluding hydrogens is 378 g/mol. The van der Waals surface area contributed by atoms with Gasteiger partial charge in [0.05, 0.1) is 0 Å². The van der Waals surface area contributed by atoms with E-state index in [1.165, 1.54) is 5.56 Å². The number of para-hydroxylation sites is 1. The van der Waals surface area contributed by atoms with Crippen molar-refractivity contribution < 1.29 is 4.42 Å². The fraction of sp³-hybridized carbons (Fsp3) is 0.0769. The maximum absolute atomic E-state index is 6.24. The van der Waals surface area contributed by atoms with Crippen molar-refractivity contribution in [3.05, 3.63) is 101 Å². The van der Waals surface area contributed by atoms with Crippen LogP contribution in [0.2, 0.25) is 5.02 Å². The summed E-state index contributed by atoms with van der Waals surface area (Å²) in [6.07, 6.45) is 0. The summed E-state index contributed by atoms with van der Waals surface area (Å²) in [6, 6.07) is 29.2. The van der Waals surface area contributed by atoms with Crippen LogP contribution in [0.5, 0.6) is 0 Å². The number of furan rings is 1. The molecule has 0 saturated heterocycles. The molecule has 0 fully saturated rings. The largest absolute Gasteiger partial charge is 0.456 e. The van der Waals surface area contributed by atoms with Crippen molar-refractivity contribution >= 4 is 50.6 Å². The average Bonchev–Trinajstić information content (AvgIpc) is 3.07. The molecule has 1 heterocycles. The van der Waals surface area contributed by atoms with Gasteiger partial charge in [0.1, 0.15) is 11.2 Å². The quantitative estimate of drug-likeness (QED) is 0.304. The minimum atomic E-state index is 0.694. The molecule has 0 aliphatic rings. The van der Waals surface area contributed by atoms with Gasteiger partial charge in [0.25, 0.3) is 0 Å². The van der Waals surface area contributed by atoms with Crippen molar-refractivity contribution in [1.29, 1.82) is 0 Å². The number of halogens is 1. The molecule has 142 valence electrons. The number of benzene rings is 4. The van der Waals surface area contributed by atoms with Gasteiger partial charge in [-0.25, -0.2) is 0 Å². The van der Waals surface area contributed by atoms with Gasteiger partial charge in [-0.1, -0.05) is 41.9 Å². The first kappa shape index (κ1) is 17.8. The third-order valence-electron chi connectivity index (χ3n) is 5.25. The zero-order valence-electron chi connectivity index (χ0n) is 16.3. The number of hydrogen-bond donors (Lipinski definition) is 0. The molecule has 0 N–H and O–H groups in total. The van der Waals surface area contributed by atoms with Crippen LogP contribution in [0.25, 0.3) is 21.9 Å². The van der Waals surface area contributed by atoms with E-state index in [1.807, 2.05) is 24.3 Å². The highest BCUT2D eigenvalue weighted by Gasteiger charge is 2.16. The van der Waals surface area contributed by atoms with Crippen LogP contribution >= 0.6 is 11.6 Å². The summed E-state index contributed by atoms with van der Waals surface area (Å²) < 4.78 is 6.08. The minimum absolute atomic E-state index is 0.694. The molecular formula is C26H20ClNO. The van der Waals surface area contributed by atoms with Crippen molar-refractivity contribution in [2.75, 3.05) is 4.90 Å². The highest BCUT2D eigenvalue weighted by Crippen LogP contribution is 2.39. The van der Waals surface area contributed by atoms with Crippen LogP contribution in [0.1, 0.15) is 11.1 Å². The number of nitrogens with zero attached hydrogens (tertiary/aromatic N) is 1. The maximum atomic E-state index is 6.24. The predicted molar refractivity (Wildman–Crippen MR) is 123 cm³/mol. The van der Waals surface area contributed by atoms with Gasteiger partial charge >= 0.3 is 0 Å². The van der Waals surface area contributed by atoms with E-state index in [9.17, 15) is 0 Å². The molecule has 0 aliphatic carbocycles. The molecule has 0 radical (unpaired) electrons. The number of fused-ring (bicyclic) bond motifs is 3. The van der Waals surface area contributed by atoms with Crippen LogP contribution in [0, 0.1) is 13.8 Å². The van der Waals surface area contributed by atoms with E-state index in [0.717, 1.165) is 44.6 Å². The van der Waals surface area contributed by atoms with Gasteiger partial charge in [-0.05, 0) is 73.5 Å². The van der Waals surface area contributed by atoms with Gasteiger partial charge in [0, 0.05) is 38.9 Å². The molecule has 0 bridgehead atoms. The van der Waals surface area contributed by atoms with Crippen LogP contribution in [0.4, 0.5) is 17.1 Å². The smallest absolute Gasteiger partial charge is 0.137 e. The first-order chi connectivity index (χ1) is 14.1. The first-order valence-electron chi connectivity index (χ1n) is 9.64. The van der Waals surface area contributed by atoms with Crippen molar-refractivity contribution in [2.45, 2.75) is 13.8 Å². The molecule has 0 atom stereocenters. The lowest BCUT2D eigenvalue weighted by Gasteiger charge is -2.25. The second kappa shape index (κ2) is 6.98. The van der Waals surface area contributed by atoms with Crippen LogP contribution in [0.3, 0.4) is 0 Å². The fourth-order valence-electron chi connectivity index (χ4n) is 3.99. The van der Waals surface area contributed by atoms with E-state index < -0.39 is 0 Å². The average molecular weight is 398 g/mol. The Morgan fingerprint density at radius 1 is 0.690 bits per heavy atom.